The molecular weight excluding hydrogens is 320 g/mol. The highest BCUT2D eigenvalue weighted by Crippen LogP contribution is 2.24. The average molecular weight is 342 g/mol. The SMILES string of the molecule is COc1ccc(CNC(=O)[C@@H](C)N2C(=O)CCn3nc(C)cc32)cc1. The lowest BCUT2D eigenvalue weighted by Crippen LogP contribution is -2.50. The highest BCUT2D eigenvalue weighted by atomic mass is 16.5. The van der Waals surface area contributed by atoms with E-state index in [1.807, 2.05) is 37.3 Å². The number of hydrogen-bond donors (Lipinski definition) is 1. The predicted octanol–water partition coefficient (Wildman–Crippen LogP) is 1.64. The van der Waals surface area contributed by atoms with E-state index in [9.17, 15) is 9.59 Å². The molecule has 1 aromatic heterocycles. The smallest absolute Gasteiger partial charge is 0.243 e. The summed E-state index contributed by atoms with van der Waals surface area (Å²) in [5.41, 5.74) is 1.80. The van der Waals surface area contributed by atoms with Crippen molar-refractivity contribution in [1.29, 1.82) is 0 Å². The largest absolute Gasteiger partial charge is 0.497 e. The molecule has 132 valence electrons. The van der Waals surface area contributed by atoms with Crippen LogP contribution in [0.15, 0.2) is 30.3 Å². The molecule has 7 nitrogen and oxygen atoms in total. The van der Waals surface area contributed by atoms with Gasteiger partial charge in [0.25, 0.3) is 0 Å². The number of ether oxygens (including phenoxy) is 1. The summed E-state index contributed by atoms with van der Waals surface area (Å²) in [5, 5.41) is 7.26. The highest BCUT2D eigenvalue weighted by molar-refractivity contribution is 6.00. The molecule has 2 heterocycles. The molecule has 0 saturated heterocycles. The van der Waals surface area contributed by atoms with E-state index in [2.05, 4.69) is 10.4 Å². The Morgan fingerprint density at radius 3 is 2.76 bits per heavy atom. The van der Waals surface area contributed by atoms with Gasteiger partial charge in [-0.1, -0.05) is 12.1 Å². The Balaban J connectivity index is 1.68. The molecule has 2 amide bonds. The average Bonchev–Trinajstić information content (AvgIpc) is 2.99. The lowest BCUT2D eigenvalue weighted by molar-refractivity contribution is -0.126. The van der Waals surface area contributed by atoms with Crippen LogP contribution < -0.4 is 15.0 Å². The van der Waals surface area contributed by atoms with Crippen LogP contribution in [0.4, 0.5) is 5.82 Å². The van der Waals surface area contributed by atoms with Gasteiger partial charge in [-0.3, -0.25) is 14.5 Å². The van der Waals surface area contributed by atoms with Crippen molar-refractivity contribution in [3.8, 4) is 5.75 Å². The standard InChI is InChI=1S/C18H22N4O3/c1-12-10-16-21(20-12)9-8-17(23)22(16)13(2)18(24)19-11-14-4-6-15(25-3)7-5-14/h4-7,10,13H,8-9,11H2,1-3H3,(H,19,24)/t13-/m1/s1. The summed E-state index contributed by atoms with van der Waals surface area (Å²) in [6.07, 6.45) is 0.351. The molecule has 0 radical (unpaired) electrons. The van der Waals surface area contributed by atoms with E-state index >= 15 is 0 Å². The Morgan fingerprint density at radius 2 is 2.08 bits per heavy atom. The first-order valence-electron chi connectivity index (χ1n) is 8.26. The summed E-state index contributed by atoms with van der Waals surface area (Å²) in [5.74, 6) is 1.20. The number of nitrogens with zero attached hydrogens (tertiary/aromatic N) is 3. The van der Waals surface area contributed by atoms with Crippen molar-refractivity contribution in [2.24, 2.45) is 0 Å². The number of aryl methyl sites for hydroxylation is 2. The number of carbonyl (C=O) groups is 2. The van der Waals surface area contributed by atoms with Crippen molar-refractivity contribution < 1.29 is 14.3 Å². The zero-order valence-electron chi connectivity index (χ0n) is 14.7. The lowest BCUT2D eigenvalue weighted by atomic mass is 10.1. The maximum atomic E-state index is 12.5. The van der Waals surface area contributed by atoms with Gasteiger partial charge in [-0.2, -0.15) is 5.10 Å². The van der Waals surface area contributed by atoms with Crippen LogP contribution >= 0.6 is 0 Å². The molecule has 7 heteroatoms. The minimum Gasteiger partial charge on any atom is -0.497 e. The first kappa shape index (κ1) is 17.0. The minimum atomic E-state index is -0.596. The van der Waals surface area contributed by atoms with Gasteiger partial charge in [0.15, 0.2) is 0 Å². The molecule has 0 fully saturated rings. The molecule has 0 saturated carbocycles. The Kier molecular flexibility index (Phi) is 4.74. The number of fused-ring (bicyclic) bond motifs is 1. The number of carbonyl (C=O) groups excluding carboxylic acids is 2. The van der Waals surface area contributed by atoms with Crippen LogP contribution in [-0.4, -0.2) is 34.7 Å². The summed E-state index contributed by atoms with van der Waals surface area (Å²) in [6.45, 7) is 4.56. The Labute approximate surface area is 146 Å². The minimum absolute atomic E-state index is 0.0560. The fourth-order valence-corrected chi connectivity index (χ4v) is 2.95. The van der Waals surface area contributed by atoms with Gasteiger partial charge in [0, 0.05) is 19.0 Å². The maximum Gasteiger partial charge on any atom is 0.243 e. The van der Waals surface area contributed by atoms with Crippen molar-refractivity contribution in [2.45, 2.75) is 39.4 Å². The van der Waals surface area contributed by atoms with Gasteiger partial charge in [0.1, 0.15) is 17.6 Å². The third kappa shape index (κ3) is 3.50. The highest BCUT2D eigenvalue weighted by Gasteiger charge is 2.32. The zero-order chi connectivity index (χ0) is 18.0. The first-order chi connectivity index (χ1) is 12.0. The van der Waals surface area contributed by atoms with E-state index in [-0.39, 0.29) is 11.8 Å². The monoisotopic (exact) mass is 342 g/mol. The number of rotatable bonds is 5. The van der Waals surface area contributed by atoms with E-state index in [0.717, 1.165) is 17.0 Å². The number of aromatic nitrogens is 2. The topological polar surface area (TPSA) is 76.5 Å². The van der Waals surface area contributed by atoms with Crippen LogP contribution in [-0.2, 0) is 22.7 Å². The molecule has 1 aromatic carbocycles. The molecule has 2 aromatic rings. The van der Waals surface area contributed by atoms with Crippen molar-refractivity contribution in [2.75, 3.05) is 12.0 Å². The summed E-state index contributed by atoms with van der Waals surface area (Å²) in [4.78, 5) is 26.4. The summed E-state index contributed by atoms with van der Waals surface area (Å²) in [6, 6.07) is 8.73. The maximum absolute atomic E-state index is 12.5. The molecule has 0 aliphatic carbocycles. The fourth-order valence-electron chi connectivity index (χ4n) is 2.95. The molecule has 3 rings (SSSR count). The second-order valence-corrected chi connectivity index (χ2v) is 6.12. The van der Waals surface area contributed by atoms with Crippen LogP contribution in [0.2, 0.25) is 0 Å². The quantitative estimate of drug-likeness (QED) is 0.896. The van der Waals surface area contributed by atoms with Crippen LogP contribution in [0.5, 0.6) is 5.75 Å². The zero-order valence-corrected chi connectivity index (χ0v) is 14.7. The van der Waals surface area contributed by atoms with E-state index in [1.165, 1.54) is 4.90 Å². The number of benzene rings is 1. The summed E-state index contributed by atoms with van der Waals surface area (Å²) < 4.78 is 6.90. The Morgan fingerprint density at radius 1 is 1.36 bits per heavy atom. The number of nitrogens with one attached hydrogen (secondary N) is 1. The van der Waals surface area contributed by atoms with Crippen molar-refractivity contribution >= 4 is 17.6 Å². The van der Waals surface area contributed by atoms with Crippen molar-refractivity contribution in [3.63, 3.8) is 0 Å². The Bertz CT molecular complexity index is 782. The van der Waals surface area contributed by atoms with Gasteiger partial charge in [0.2, 0.25) is 11.8 Å². The van der Waals surface area contributed by atoms with E-state index < -0.39 is 6.04 Å². The van der Waals surface area contributed by atoms with Gasteiger partial charge in [-0.05, 0) is 31.5 Å². The van der Waals surface area contributed by atoms with Crippen molar-refractivity contribution in [3.05, 3.63) is 41.6 Å². The Hall–Kier alpha value is -2.83. The molecule has 0 unspecified atom stereocenters. The van der Waals surface area contributed by atoms with Gasteiger partial charge in [-0.15, -0.1) is 0 Å². The van der Waals surface area contributed by atoms with Gasteiger partial charge in [-0.25, -0.2) is 4.68 Å². The van der Waals surface area contributed by atoms with E-state index in [4.69, 9.17) is 4.74 Å². The third-order valence-corrected chi connectivity index (χ3v) is 4.33. The fraction of sp³-hybridized carbons (Fsp3) is 0.389. The van der Waals surface area contributed by atoms with E-state index in [1.54, 1.807) is 18.7 Å². The number of anilines is 1. The molecule has 25 heavy (non-hydrogen) atoms. The van der Waals surface area contributed by atoms with Gasteiger partial charge < -0.3 is 10.1 Å². The predicted molar refractivity (Wildman–Crippen MR) is 93.4 cm³/mol. The van der Waals surface area contributed by atoms with Crippen LogP contribution in [0.25, 0.3) is 0 Å². The first-order valence-corrected chi connectivity index (χ1v) is 8.26. The van der Waals surface area contributed by atoms with Crippen LogP contribution in [0, 0.1) is 6.92 Å². The second kappa shape index (κ2) is 6.96. The molecule has 1 aliphatic heterocycles. The van der Waals surface area contributed by atoms with Crippen molar-refractivity contribution in [1.82, 2.24) is 15.1 Å². The molecule has 0 spiro atoms. The molecular formula is C18H22N4O3. The molecule has 0 bridgehead atoms. The second-order valence-electron chi connectivity index (χ2n) is 6.12. The molecule has 1 aliphatic rings. The number of hydrogen-bond acceptors (Lipinski definition) is 4. The summed E-state index contributed by atoms with van der Waals surface area (Å²) in [7, 11) is 1.61. The number of amides is 2. The number of methoxy groups -OCH3 is 1. The molecule has 1 atom stereocenters. The summed E-state index contributed by atoms with van der Waals surface area (Å²) >= 11 is 0. The molecule has 1 N–H and O–H groups in total. The third-order valence-electron chi connectivity index (χ3n) is 4.33. The van der Waals surface area contributed by atoms with E-state index in [0.29, 0.717) is 25.3 Å². The van der Waals surface area contributed by atoms with Crippen LogP contribution in [0.3, 0.4) is 0 Å². The van der Waals surface area contributed by atoms with Gasteiger partial charge in [0.05, 0.1) is 19.3 Å². The van der Waals surface area contributed by atoms with Gasteiger partial charge >= 0.3 is 0 Å². The lowest BCUT2D eigenvalue weighted by Gasteiger charge is -2.31. The normalized spacial score (nSPS) is 14.8. The van der Waals surface area contributed by atoms with Crippen LogP contribution in [0.1, 0.15) is 24.6 Å².